The second-order valence-electron chi connectivity index (χ2n) is 6.21. The van der Waals surface area contributed by atoms with Crippen LogP contribution in [-0.4, -0.2) is 47.7 Å². The Labute approximate surface area is 111 Å². The van der Waals surface area contributed by atoms with Gasteiger partial charge in [0.05, 0.1) is 0 Å². The molecule has 0 spiro atoms. The minimum Gasteiger partial charge on any atom is -0.480 e. The van der Waals surface area contributed by atoms with Gasteiger partial charge in [-0.2, -0.15) is 0 Å². The van der Waals surface area contributed by atoms with E-state index in [1.807, 2.05) is 0 Å². The Balaban J connectivity index is 2.76. The van der Waals surface area contributed by atoms with Gasteiger partial charge in [-0.3, -0.25) is 9.69 Å². The van der Waals surface area contributed by atoms with Gasteiger partial charge in [0.15, 0.2) is 0 Å². The van der Waals surface area contributed by atoms with Crippen LogP contribution in [-0.2, 0) is 4.79 Å². The highest BCUT2D eigenvalue weighted by atomic mass is 16.4. The summed E-state index contributed by atoms with van der Waals surface area (Å²) in [5.41, 5.74) is 0. The van der Waals surface area contributed by atoms with Crippen LogP contribution >= 0.6 is 0 Å². The summed E-state index contributed by atoms with van der Waals surface area (Å²) in [6.07, 6.45) is 2.17. The smallest absolute Gasteiger partial charge is 0.322 e. The molecule has 4 nitrogen and oxygen atoms in total. The second kappa shape index (κ2) is 7.10. The summed E-state index contributed by atoms with van der Waals surface area (Å²) >= 11 is 0. The van der Waals surface area contributed by atoms with Gasteiger partial charge in [0.1, 0.15) is 6.04 Å². The zero-order chi connectivity index (χ0) is 13.7. The summed E-state index contributed by atoms with van der Waals surface area (Å²) in [5, 5.41) is 12.5. The quantitative estimate of drug-likeness (QED) is 0.761. The summed E-state index contributed by atoms with van der Waals surface area (Å²) < 4.78 is 0. The fourth-order valence-corrected chi connectivity index (χ4v) is 2.84. The van der Waals surface area contributed by atoms with Crippen LogP contribution in [0.5, 0.6) is 0 Å². The van der Waals surface area contributed by atoms with Crippen LogP contribution in [0.25, 0.3) is 0 Å². The number of nitrogens with zero attached hydrogens (tertiary/aromatic N) is 1. The van der Waals surface area contributed by atoms with Crippen LogP contribution in [0.4, 0.5) is 0 Å². The molecule has 0 aromatic rings. The first-order valence-electron chi connectivity index (χ1n) is 7.11. The van der Waals surface area contributed by atoms with Gasteiger partial charge in [-0.15, -0.1) is 0 Å². The third-order valence-electron chi connectivity index (χ3n) is 3.53. The van der Waals surface area contributed by atoms with Gasteiger partial charge in [0.2, 0.25) is 0 Å². The summed E-state index contributed by atoms with van der Waals surface area (Å²) in [7, 11) is 0. The number of hydrogen-bond acceptors (Lipinski definition) is 3. The molecule has 0 aromatic carbocycles. The zero-order valence-electron chi connectivity index (χ0n) is 12.1. The van der Waals surface area contributed by atoms with Crippen LogP contribution < -0.4 is 5.32 Å². The van der Waals surface area contributed by atoms with Crippen LogP contribution in [0.15, 0.2) is 0 Å². The van der Waals surface area contributed by atoms with E-state index in [0.29, 0.717) is 24.4 Å². The SMILES string of the molecule is CC(C)CC(CC(C)C)N1CCNCC1C(=O)O. The van der Waals surface area contributed by atoms with E-state index in [-0.39, 0.29) is 6.04 Å². The lowest BCUT2D eigenvalue weighted by Gasteiger charge is -2.41. The molecule has 0 aliphatic carbocycles. The number of nitrogens with one attached hydrogen (secondary N) is 1. The van der Waals surface area contributed by atoms with Crippen molar-refractivity contribution in [1.29, 1.82) is 0 Å². The summed E-state index contributed by atoms with van der Waals surface area (Å²) in [6, 6.07) is 0.0365. The number of aliphatic carboxylic acids is 1. The Morgan fingerprint density at radius 3 is 2.28 bits per heavy atom. The highest BCUT2D eigenvalue weighted by Gasteiger charge is 2.33. The molecular weight excluding hydrogens is 228 g/mol. The molecule has 1 rings (SSSR count). The number of carbonyl (C=O) groups is 1. The van der Waals surface area contributed by atoms with E-state index in [1.165, 1.54) is 0 Å². The van der Waals surface area contributed by atoms with Crippen molar-refractivity contribution in [3.63, 3.8) is 0 Å². The molecule has 0 amide bonds. The molecule has 1 unspecified atom stereocenters. The topological polar surface area (TPSA) is 52.6 Å². The predicted octanol–water partition coefficient (Wildman–Crippen LogP) is 1.81. The van der Waals surface area contributed by atoms with Gasteiger partial charge in [-0.25, -0.2) is 0 Å². The molecule has 1 aliphatic rings. The molecule has 106 valence electrons. The van der Waals surface area contributed by atoms with Gasteiger partial charge >= 0.3 is 5.97 Å². The molecule has 4 heteroatoms. The van der Waals surface area contributed by atoms with Crippen molar-refractivity contribution >= 4 is 5.97 Å². The van der Waals surface area contributed by atoms with Crippen molar-refractivity contribution in [2.45, 2.75) is 52.6 Å². The molecule has 1 saturated heterocycles. The molecule has 2 N–H and O–H groups in total. The predicted molar refractivity (Wildman–Crippen MR) is 73.7 cm³/mol. The summed E-state index contributed by atoms with van der Waals surface area (Å²) in [6.45, 7) is 11.2. The van der Waals surface area contributed by atoms with Crippen LogP contribution in [0.2, 0.25) is 0 Å². The van der Waals surface area contributed by atoms with E-state index in [2.05, 4.69) is 37.9 Å². The fraction of sp³-hybridized carbons (Fsp3) is 0.929. The first-order chi connectivity index (χ1) is 8.41. The maximum Gasteiger partial charge on any atom is 0.322 e. The molecule has 0 bridgehead atoms. The first-order valence-corrected chi connectivity index (χ1v) is 7.11. The maximum absolute atomic E-state index is 11.4. The first kappa shape index (κ1) is 15.4. The monoisotopic (exact) mass is 256 g/mol. The van der Waals surface area contributed by atoms with Gasteiger partial charge in [-0.1, -0.05) is 27.7 Å². The number of carboxylic acid groups (broad SMARTS) is 1. The Bertz CT molecular complexity index is 257. The average molecular weight is 256 g/mol. The standard InChI is InChI=1S/C14H28N2O2/c1-10(2)7-12(8-11(3)4)16-6-5-15-9-13(16)14(17)18/h10-13,15H,5-9H2,1-4H3,(H,17,18). The second-order valence-corrected chi connectivity index (χ2v) is 6.21. The lowest BCUT2D eigenvalue weighted by molar-refractivity contribution is -0.145. The van der Waals surface area contributed by atoms with Crippen molar-refractivity contribution in [3.05, 3.63) is 0 Å². The lowest BCUT2D eigenvalue weighted by Crippen LogP contribution is -2.58. The molecule has 0 radical (unpaired) electrons. The molecule has 0 saturated carbocycles. The normalized spacial score (nSPS) is 22.1. The van der Waals surface area contributed by atoms with Crippen LogP contribution in [0, 0.1) is 11.8 Å². The van der Waals surface area contributed by atoms with E-state index in [4.69, 9.17) is 0 Å². The van der Waals surface area contributed by atoms with Gasteiger partial charge in [-0.05, 0) is 24.7 Å². The molecule has 1 atom stereocenters. The van der Waals surface area contributed by atoms with Crippen molar-refractivity contribution in [3.8, 4) is 0 Å². The molecule has 18 heavy (non-hydrogen) atoms. The maximum atomic E-state index is 11.4. The van der Waals surface area contributed by atoms with E-state index >= 15 is 0 Å². The van der Waals surface area contributed by atoms with Gasteiger partial charge in [0, 0.05) is 25.7 Å². The minimum atomic E-state index is -0.695. The largest absolute Gasteiger partial charge is 0.480 e. The van der Waals surface area contributed by atoms with E-state index in [1.54, 1.807) is 0 Å². The molecular formula is C14H28N2O2. The number of carboxylic acids is 1. The van der Waals surface area contributed by atoms with Crippen molar-refractivity contribution in [2.75, 3.05) is 19.6 Å². The number of rotatable bonds is 6. The number of piperazine rings is 1. The number of hydrogen-bond donors (Lipinski definition) is 2. The van der Waals surface area contributed by atoms with Crippen LogP contribution in [0.3, 0.4) is 0 Å². The molecule has 1 aliphatic heterocycles. The fourth-order valence-electron chi connectivity index (χ4n) is 2.84. The zero-order valence-corrected chi connectivity index (χ0v) is 12.1. The van der Waals surface area contributed by atoms with Gasteiger partial charge in [0.25, 0.3) is 0 Å². The van der Waals surface area contributed by atoms with Gasteiger partial charge < -0.3 is 10.4 Å². The molecule has 1 heterocycles. The average Bonchev–Trinajstić information content (AvgIpc) is 2.26. The van der Waals surface area contributed by atoms with E-state index in [9.17, 15) is 9.90 Å². The highest BCUT2D eigenvalue weighted by Crippen LogP contribution is 2.22. The van der Waals surface area contributed by atoms with E-state index in [0.717, 1.165) is 25.9 Å². The Hall–Kier alpha value is -0.610. The Morgan fingerprint density at radius 2 is 1.83 bits per heavy atom. The van der Waals surface area contributed by atoms with Crippen LogP contribution in [0.1, 0.15) is 40.5 Å². The van der Waals surface area contributed by atoms with Crippen molar-refractivity contribution < 1.29 is 9.90 Å². The summed E-state index contributed by atoms with van der Waals surface area (Å²) in [5.74, 6) is 0.524. The van der Waals surface area contributed by atoms with Crippen molar-refractivity contribution in [2.24, 2.45) is 11.8 Å². The minimum absolute atomic E-state index is 0.360. The van der Waals surface area contributed by atoms with E-state index < -0.39 is 5.97 Å². The molecule has 1 fully saturated rings. The lowest BCUT2D eigenvalue weighted by atomic mass is 9.92. The summed E-state index contributed by atoms with van der Waals surface area (Å²) in [4.78, 5) is 13.6. The molecule has 0 aromatic heterocycles. The third kappa shape index (κ3) is 4.58. The Morgan fingerprint density at radius 1 is 1.28 bits per heavy atom. The van der Waals surface area contributed by atoms with Crippen molar-refractivity contribution in [1.82, 2.24) is 10.2 Å². The highest BCUT2D eigenvalue weighted by molar-refractivity contribution is 5.74. The third-order valence-corrected chi connectivity index (χ3v) is 3.53. The Kier molecular flexibility index (Phi) is 6.09.